The number of imidazole rings is 1. The molecule has 0 radical (unpaired) electrons. The summed E-state index contributed by atoms with van der Waals surface area (Å²) in [5.74, 6) is 0.342. The Kier molecular flexibility index (Phi) is 4.20. The second kappa shape index (κ2) is 7.22. The van der Waals surface area contributed by atoms with Gasteiger partial charge in [0.1, 0.15) is 6.04 Å². The standard InChI is InChI=1S/C21H16F2N8O/c22-19(23)13-4-2-7-31-16(13)9-15(29-31)18-17-14(25-11-26-17)5-8-30(18)21-28-27-20(32-21)12-3-1-6-24-10-12/h1-4,6-7,9-11,18-19H,5,8H2,(H,25,26). The van der Waals surface area contributed by atoms with Gasteiger partial charge < -0.3 is 14.3 Å². The van der Waals surface area contributed by atoms with Crippen LogP contribution in [0.4, 0.5) is 14.8 Å². The van der Waals surface area contributed by atoms with Crippen molar-refractivity contribution in [3.63, 3.8) is 0 Å². The minimum Gasteiger partial charge on any atom is -0.403 e. The van der Waals surface area contributed by atoms with Crippen molar-refractivity contribution in [1.82, 2.24) is 34.8 Å². The summed E-state index contributed by atoms with van der Waals surface area (Å²) in [5.41, 5.74) is 3.25. The fraction of sp³-hybridized carbons (Fsp3) is 0.190. The predicted octanol–water partition coefficient (Wildman–Crippen LogP) is 3.59. The predicted molar refractivity (Wildman–Crippen MR) is 109 cm³/mol. The molecule has 11 heteroatoms. The Bertz CT molecular complexity index is 1390. The molecule has 32 heavy (non-hydrogen) atoms. The van der Waals surface area contributed by atoms with Gasteiger partial charge in [-0.15, -0.1) is 5.10 Å². The Balaban J connectivity index is 1.46. The third-order valence-corrected chi connectivity index (χ3v) is 5.56. The number of H-pyrrole nitrogens is 1. The van der Waals surface area contributed by atoms with E-state index in [4.69, 9.17) is 4.42 Å². The molecule has 0 saturated heterocycles. The molecule has 1 aliphatic rings. The lowest BCUT2D eigenvalue weighted by atomic mass is 10.00. The highest BCUT2D eigenvalue weighted by atomic mass is 19.3. The van der Waals surface area contributed by atoms with Gasteiger partial charge in [-0.05, 0) is 30.3 Å². The van der Waals surface area contributed by atoms with Crippen LogP contribution < -0.4 is 4.90 Å². The molecule has 1 N–H and O–H groups in total. The van der Waals surface area contributed by atoms with Crippen LogP contribution in [0.5, 0.6) is 0 Å². The summed E-state index contributed by atoms with van der Waals surface area (Å²) in [7, 11) is 0. The smallest absolute Gasteiger partial charge is 0.319 e. The maximum Gasteiger partial charge on any atom is 0.319 e. The molecule has 5 aromatic heterocycles. The largest absolute Gasteiger partial charge is 0.403 e. The quantitative estimate of drug-likeness (QED) is 0.461. The maximum atomic E-state index is 13.5. The number of aromatic amines is 1. The van der Waals surface area contributed by atoms with Gasteiger partial charge in [-0.3, -0.25) is 4.98 Å². The molecular weight excluding hydrogens is 418 g/mol. The monoisotopic (exact) mass is 434 g/mol. The zero-order chi connectivity index (χ0) is 21.7. The topological polar surface area (TPSA) is 101 Å². The van der Waals surface area contributed by atoms with Crippen LogP contribution in [-0.4, -0.2) is 41.3 Å². The van der Waals surface area contributed by atoms with Gasteiger partial charge in [-0.2, -0.15) is 5.10 Å². The summed E-state index contributed by atoms with van der Waals surface area (Å²) in [5, 5.41) is 13.0. The molecule has 9 nitrogen and oxygen atoms in total. The van der Waals surface area contributed by atoms with Crippen LogP contribution in [0.3, 0.4) is 0 Å². The van der Waals surface area contributed by atoms with E-state index in [1.165, 1.54) is 10.6 Å². The first kappa shape index (κ1) is 18.6. The van der Waals surface area contributed by atoms with Gasteiger partial charge in [0.05, 0.1) is 28.8 Å². The zero-order valence-corrected chi connectivity index (χ0v) is 16.6. The lowest BCUT2D eigenvalue weighted by molar-refractivity contribution is 0.152. The number of nitrogens with one attached hydrogen (secondary N) is 1. The molecule has 1 aliphatic heterocycles. The second-order valence-corrected chi connectivity index (χ2v) is 7.41. The average Bonchev–Trinajstić information content (AvgIpc) is 3.57. The highest BCUT2D eigenvalue weighted by Gasteiger charge is 2.36. The summed E-state index contributed by atoms with van der Waals surface area (Å²) in [6.45, 7) is 0.560. The zero-order valence-electron chi connectivity index (χ0n) is 16.6. The van der Waals surface area contributed by atoms with Crippen molar-refractivity contribution in [2.45, 2.75) is 18.9 Å². The van der Waals surface area contributed by atoms with Gasteiger partial charge >= 0.3 is 6.01 Å². The summed E-state index contributed by atoms with van der Waals surface area (Å²) < 4.78 is 34.5. The fourth-order valence-corrected chi connectivity index (χ4v) is 4.09. The van der Waals surface area contributed by atoms with Crippen LogP contribution in [0.1, 0.15) is 35.1 Å². The molecule has 1 unspecified atom stereocenters. The molecule has 0 aliphatic carbocycles. The molecule has 0 fully saturated rings. The average molecular weight is 434 g/mol. The fourth-order valence-electron chi connectivity index (χ4n) is 4.09. The number of nitrogens with zero attached hydrogens (tertiary/aromatic N) is 7. The Labute approximate surface area is 179 Å². The van der Waals surface area contributed by atoms with Crippen molar-refractivity contribution in [3.05, 3.63) is 77.9 Å². The first-order chi connectivity index (χ1) is 15.7. The first-order valence-corrected chi connectivity index (χ1v) is 9.98. The van der Waals surface area contributed by atoms with Crippen LogP contribution in [0, 0.1) is 0 Å². The molecule has 6 rings (SSSR count). The third-order valence-electron chi connectivity index (χ3n) is 5.56. The van der Waals surface area contributed by atoms with E-state index in [0.717, 1.165) is 11.4 Å². The van der Waals surface area contributed by atoms with Crippen molar-refractivity contribution in [3.8, 4) is 11.5 Å². The number of fused-ring (bicyclic) bond motifs is 2. The molecule has 160 valence electrons. The molecule has 1 atom stereocenters. The number of hydrogen-bond acceptors (Lipinski definition) is 7. The summed E-state index contributed by atoms with van der Waals surface area (Å²) in [6.07, 6.45) is 4.66. The molecular formula is C21H16F2N8O. The Morgan fingerprint density at radius 3 is 2.97 bits per heavy atom. The van der Waals surface area contributed by atoms with Crippen molar-refractivity contribution in [2.24, 2.45) is 0 Å². The first-order valence-electron chi connectivity index (χ1n) is 9.98. The van der Waals surface area contributed by atoms with E-state index in [0.29, 0.717) is 41.6 Å². The van der Waals surface area contributed by atoms with Crippen LogP contribution in [0.2, 0.25) is 0 Å². The molecule has 5 aromatic rings. The van der Waals surface area contributed by atoms with Gasteiger partial charge in [-0.1, -0.05) is 5.10 Å². The number of rotatable bonds is 4. The van der Waals surface area contributed by atoms with E-state index in [1.54, 1.807) is 43.1 Å². The molecule has 6 heterocycles. The minimum atomic E-state index is -2.61. The maximum absolute atomic E-state index is 13.5. The van der Waals surface area contributed by atoms with Gasteiger partial charge in [0.25, 0.3) is 12.3 Å². The third kappa shape index (κ3) is 2.93. The molecule has 0 saturated carbocycles. The van der Waals surface area contributed by atoms with Crippen molar-refractivity contribution in [1.29, 1.82) is 0 Å². The Morgan fingerprint density at radius 1 is 1.19 bits per heavy atom. The van der Waals surface area contributed by atoms with E-state index < -0.39 is 12.5 Å². The Morgan fingerprint density at radius 2 is 2.12 bits per heavy atom. The Hall–Kier alpha value is -4.15. The van der Waals surface area contributed by atoms with Crippen LogP contribution in [0.15, 0.2) is 59.7 Å². The number of anilines is 1. The van der Waals surface area contributed by atoms with Crippen molar-refractivity contribution in [2.75, 3.05) is 11.4 Å². The lowest BCUT2D eigenvalue weighted by Crippen LogP contribution is -2.36. The van der Waals surface area contributed by atoms with E-state index in [-0.39, 0.29) is 5.56 Å². The van der Waals surface area contributed by atoms with Crippen LogP contribution in [0.25, 0.3) is 17.0 Å². The summed E-state index contributed by atoms with van der Waals surface area (Å²) in [4.78, 5) is 13.6. The lowest BCUT2D eigenvalue weighted by Gasteiger charge is -2.32. The van der Waals surface area contributed by atoms with E-state index >= 15 is 0 Å². The minimum absolute atomic E-state index is 0.0764. The van der Waals surface area contributed by atoms with E-state index in [9.17, 15) is 8.78 Å². The highest BCUT2D eigenvalue weighted by molar-refractivity contribution is 5.58. The number of aromatic nitrogens is 7. The SMILES string of the molecule is FC(F)c1cccn2nc(C3c4nc[nH]c4CCN3c3nnc(-c4cccnc4)o3)cc12. The van der Waals surface area contributed by atoms with E-state index in [1.807, 2.05) is 11.0 Å². The molecule has 0 spiro atoms. The van der Waals surface area contributed by atoms with E-state index in [2.05, 4.69) is 30.2 Å². The second-order valence-electron chi connectivity index (χ2n) is 7.41. The van der Waals surface area contributed by atoms with Gasteiger partial charge in [0.2, 0.25) is 0 Å². The molecule has 0 bridgehead atoms. The molecule has 0 aromatic carbocycles. The van der Waals surface area contributed by atoms with Crippen molar-refractivity contribution < 1.29 is 13.2 Å². The van der Waals surface area contributed by atoms with Gasteiger partial charge in [0, 0.05) is 42.8 Å². The number of halogens is 2. The van der Waals surface area contributed by atoms with Crippen LogP contribution in [-0.2, 0) is 6.42 Å². The number of hydrogen-bond donors (Lipinski definition) is 1. The number of pyridine rings is 2. The van der Waals surface area contributed by atoms with Crippen LogP contribution >= 0.6 is 0 Å². The highest BCUT2D eigenvalue weighted by Crippen LogP contribution is 2.37. The van der Waals surface area contributed by atoms with Gasteiger partial charge in [0.15, 0.2) is 0 Å². The number of alkyl halides is 2. The van der Waals surface area contributed by atoms with Gasteiger partial charge in [-0.25, -0.2) is 18.3 Å². The summed E-state index contributed by atoms with van der Waals surface area (Å²) in [6, 6.07) is 8.07. The summed E-state index contributed by atoms with van der Waals surface area (Å²) >= 11 is 0. The molecule has 0 amide bonds. The normalized spacial score (nSPS) is 16.1. The van der Waals surface area contributed by atoms with Crippen molar-refractivity contribution >= 4 is 11.5 Å².